The van der Waals surface area contributed by atoms with Gasteiger partial charge in [-0.3, -0.25) is 0 Å². The Morgan fingerprint density at radius 1 is 1.28 bits per heavy atom. The number of carboxylic acids is 1. The Balaban J connectivity index is 2.86. The monoisotopic (exact) mass is 358 g/mol. The van der Waals surface area contributed by atoms with Gasteiger partial charge in [-0.25, -0.2) is 14.3 Å². The lowest BCUT2D eigenvalue weighted by molar-refractivity contribution is -0.141. The van der Waals surface area contributed by atoms with Crippen molar-refractivity contribution < 1.29 is 37.3 Å². The van der Waals surface area contributed by atoms with Gasteiger partial charge in [0.1, 0.15) is 17.0 Å². The number of ether oxygens (including phenoxy) is 2. The largest absolute Gasteiger partial charge is 0.494 e. The van der Waals surface area contributed by atoms with Gasteiger partial charge in [-0.2, -0.15) is 18.3 Å². The zero-order chi connectivity index (χ0) is 18.8. The van der Waals surface area contributed by atoms with Crippen molar-refractivity contribution in [2.45, 2.75) is 13.1 Å². The quantitative estimate of drug-likeness (QED) is 0.827. The van der Waals surface area contributed by atoms with Gasteiger partial charge in [-0.1, -0.05) is 12.1 Å². The number of carbonyl (C=O) groups is 2. The molecule has 10 heteroatoms. The van der Waals surface area contributed by atoms with Crippen molar-refractivity contribution >= 4 is 11.9 Å². The second kappa shape index (κ2) is 6.83. The number of esters is 1. The second-order valence-corrected chi connectivity index (χ2v) is 4.68. The van der Waals surface area contributed by atoms with Crippen LogP contribution in [0, 0.1) is 0 Å². The van der Waals surface area contributed by atoms with E-state index in [0.717, 1.165) is 0 Å². The molecule has 2 rings (SSSR count). The van der Waals surface area contributed by atoms with Crippen LogP contribution in [0.1, 0.15) is 33.5 Å². The Morgan fingerprint density at radius 3 is 2.44 bits per heavy atom. The summed E-state index contributed by atoms with van der Waals surface area (Å²) < 4.78 is 50.0. The molecule has 1 heterocycles. The molecule has 2 aromatic rings. The minimum absolute atomic E-state index is 0.0663. The van der Waals surface area contributed by atoms with Gasteiger partial charge in [-0.05, 0) is 19.1 Å². The summed E-state index contributed by atoms with van der Waals surface area (Å²) in [7, 11) is 1.26. The molecule has 0 aliphatic rings. The van der Waals surface area contributed by atoms with Gasteiger partial charge < -0.3 is 14.6 Å². The maximum atomic E-state index is 13.3. The Hall–Kier alpha value is -3.04. The molecule has 7 nitrogen and oxygen atoms in total. The summed E-state index contributed by atoms with van der Waals surface area (Å²) in [5, 5.41) is 12.7. The number of hydrogen-bond donors (Lipinski definition) is 1. The van der Waals surface area contributed by atoms with Gasteiger partial charge in [0.05, 0.1) is 13.7 Å². The molecular formula is C15H13F3N2O5. The Labute approximate surface area is 139 Å². The number of alkyl halides is 3. The molecule has 0 amide bonds. The smallest absolute Gasteiger partial charge is 0.436 e. The van der Waals surface area contributed by atoms with Gasteiger partial charge >= 0.3 is 18.1 Å². The Morgan fingerprint density at radius 2 is 1.92 bits per heavy atom. The number of rotatable bonds is 5. The predicted molar refractivity (Wildman–Crippen MR) is 78.0 cm³/mol. The van der Waals surface area contributed by atoms with Crippen molar-refractivity contribution in [2.75, 3.05) is 13.7 Å². The van der Waals surface area contributed by atoms with E-state index < -0.39 is 35.1 Å². The molecule has 0 radical (unpaired) electrons. The standard InChI is InChI=1S/C15H13F3N2O5/c1-3-25-14(23)10-11(13(21)22)20(19-12(10)15(16,17)18)8-6-4-5-7-9(8)24-2/h4-7H,3H2,1-2H3,(H,21,22). The van der Waals surface area contributed by atoms with Gasteiger partial charge in [-0.15, -0.1) is 0 Å². The number of para-hydroxylation sites is 2. The number of aromatic carboxylic acids is 1. The van der Waals surface area contributed by atoms with Gasteiger partial charge in [0, 0.05) is 0 Å². The number of hydrogen-bond acceptors (Lipinski definition) is 5. The molecule has 0 atom stereocenters. The molecule has 0 unspecified atom stereocenters. The van der Waals surface area contributed by atoms with Crippen molar-refractivity contribution in [2.24, 2.45) is 0 Å². The predicted octanol–water partition coefficient (Wildman–Crippen LogP) is 2.77. The topological polar surface area (TPSA) is 90.6 Å². The van der Waals surface area contributed by atoms with E-state index in [1.807, 2.05) is 0 Å². The number of nitrogens with zero attached hydrogens (tertiary/aromatic N) is 2. The molecule has 0 fully saturated rings. The number of aromatic nitrogens is 2. The summed E-state index contributed by atoms with van der Waals surface area (Å²) >= 11 is 0. The van der Waals surface area contributed by atoms with Crippen molar-refractivity contribution in [3.05, 3.63) is 41.2 Å². The maximum absolute atomic E-state index is 13.3. The molecule has 1 aromatic heterocycles. The van der Waals surface area contributed by atoms with Crippen LogP contribution < -0.4 is 4.74 Å². The zero-order valence-corrected chi connectivity index (χ0v) is 13.1. The third-order valence-corrected chi connectivity index (χ3v) is 3.15. The van der Waals surface area contributed by atoms with E-state index >= 15 is 0 Å². The minimum Gasteiger partial charge on any atom is -0.494 e. The molecule has 0 aliphatic carbocycles. The van der Waals surface area contributed by atoms with E-state index in [1.54, 1.807) is 6.07 Å². The van der Waals surface area contributed by atoms with Crippen molar-refractivity contribution in [3.63, 3.8) is 0 Å². The molecule has 0 spiro atoms. The van der Waals surface area contributed by atoms with Crippen molar-refractivity contribution in [3.8, 4) is 11.4 Å². The molecule has 134 valence electrons. The number of benzene rings is 1. The summed E-state index contributed by atoms with van der Waals surface area (Å²) in [5.41, 5.74) is -3.83. The van der Waals surface area contributed by atoms with Gasteiger partial charge in [0.25, 0.3) is 0 Å². The van der Waals surface area contributed by atoms with Crippen molar-refractivity contribution in [1.82, 2.24) is 9.78 Å². The van der Waals surface area contributed by atoms with E-state index in [0.29, 0.717) is 4.68 Å². The Kier molecular flexibility index (Phi) is 5.00. The van der Waals surface area contributed by atoms with E-state index in [-0.39, 0.29) is 18.0 Å². The van der Waals surface area contributed by atoms with Crippen LogP contribution in [0.5, 0.6) is 5.75 Å². The lowest BCUT2D eigenvalue weighted by atomic mass is 10.1. The summed E-state index contributed by atoms with van der Waals surface area (Å²) in [6.07, 6.45) is -5.06. The van der Waals surface area contributed by atoms with Crippen LogP contribution in [0.3, 0.4) is 0 Å². The summed E-state index contributed by atoms with van der Waals surface area (Å²) in [4.78, 5) is 23.6. The lowest BCUT2D eigenvalue weighted by Crippen LogP contribution is -2.17. The molecule has 25 heavy (non-hydrogen) atoms. The molecule has 0 bridgehead atoms. The fraction of sp³-hybridized carbons (Fsp3) is 0.267. The fourth-order valence-corrected chi connectivity index (χ4v) is 2.19. The van der Waals surface area contributed by atoms with E-state index in [2.05, 4.69) is 9.84 Å². The summed E-state index contributed by atoms with van der Waals surface area (Å²) in [6, 6.07) is 5.74. The fourth-order valence-electron chi connectivity index (χ4n) is 2.19. The Bertz CT molecular complexity index is 814. The van der Waals surface area contributed by atoms with Crippen LogP contribution in [0.25, 0.3) is 5.69 Å². The average molecular weight is 358 g/mol. The molecule has 0 saturated carbocycles. The van der Waals surface area contributed by atoms with Crippen LogP contribution in [-0.2, 0) is 10.9 Å². The molecule has 1 aromatic carbocycles. The first kappa shape index (κ1) is 18.3. The third kappa shape index (κ3) is 3.42. The highest BCUT2D eigenvalue weighted by Crippen LogP contribution is 2.35. The highest BCUT2D eigenvalue weighted by atomic mass is 19.4. The van der Waals surface area contributed by atoms with Crippen LogP contribution in [0.2, 0.25) is 0 Å². The molecule has 0 saturated heterocycles. The maximum Gasteiger partial charge on any atom is 0.436 e. The van der Waals surface area contributed by atoms with Gasteiger partial charge in [0.2, 0.25) is 0 Å². The van der Waals surface area contributed by atoms with E-state index in [1.165, 1.54) is 32.2 Å². The average Bonchev–Trinajstić information content (AvgIpc) is 2.96. The number of carboxylic acid groups (broad SMARTS) is 1. The van der Waals surface area contributed by atoms with Crippen LogP contribution >= 0.6 is 0 Å². The summed E-state index contributed by atoms with van der Waals surface area (Å²) in [5.74, 6) is -3.11. The van der Waals surface area contributed by atoms with Crippen LogP contribution in [-0.4, -0.2) is 40.5 Å². The van der Waals surface area contributed by atoms with E-state index in [4.69, 9.17) is 4.74 Å². The van der Waals surface area contributed by atoms with Crippen molar-refractivity contribution in [1.29, 1.82) is 0 Å². The van der Waals surface area contributed by atoms with Gasteiger partial charge in [0.15, 0.2) is 11.4 Å². The minimum atomic E-state index is -5.06. The number of halogens is 3. The first-order valence-electron chi connectivity index (χ1n) is 6.96. The van der Waals surface area contributed by atoms with Crippen LogP contribution in [0.15, 0.2) is 24.3 Å². The zero-order valence-electron chi connectivity index (χ0n) is 13.1. The van der Waals surface area contributed by atoms with Crippen LogP contribution in [0.4, 0.5) is 13.2 Å². The first-order valence-corrected chi connectivity index (χ1v) is 6.96. The third-order valence-electron chi connectivity index (χ3n) is 3.15. The molecular weight excluding hydrogens is 345 g/mol. The SMILES string of the molecule is CCOC(=O)c1c(C(F)(F)F)nn(-c2ccccc2OC)c1C(=O)O. The number of carbonyl (C=O) groups excluding carboxylic acids is 1. The highest BCUT2D eigenvalue weighted by Gasteiger charge is 2.44. The molecule has 1 N–H and O–H groups in total. The highest BCUT2D eigenvalue weighted by molar-refractivity contribution is 6.03. The molecule has 0 aliphatic heterocycles. The second-order valence-electron chi connectivity index (χ2n) is 4.68. The normalized spacial score (nSPS) is 11.2. The number of methoxy groups -OCH3 is 1. The van der Waals surface area contributed by atoms with E-state index in [9.17, 15) is 27.9 Å². The first-order chi connectivity index (χ1) is 11.7. The lowest BCUT2D eigenvalue weighted by Gasteiger charge is -2.10. The summed E-state index contributed by atoms with van der Waals surface area (Å²) in [6.45, 7) is 1.16.